The second-order valence-corrected chi connectivity index (χ2v) is 10.6. The lowest BCUT2D eigenvalue weighted by Crippen LogP contribution is -2.47. The summed E-state index contributed by atoms with van der Waals surface area (Å²) in [6.07, 6.45) is 12.9. The third-order valence-corrected chi connectivity index (χ3v) is 8.64. The number of hydrogen-bond donors (Lipinski definition) is 0. The van der Waals surface area contributed by atoms with Gasteiger partial charge in [0.2, 0.25) is 0 Å². The zero-order valence-electron chi connectivity index (χ0n) is 19.8. The number of hydrogen-bond acceptors (Lipinski definition) is 4. The largest absolute Gasteiger partial charge is 0.380 e. The molecular formula is C27H43N3O. The van der Waals surface area contributed by atoms with Crippen LogP contribution in [0.1, 0.15) is 76.2 Å². The van der Waals surface area contributed by atoms with E-state index in [-0.39, 0.29) is 0 Å². The second-order valence-electron chi connectivity index (χ2n) is 10.6. The number of piperazine rings is 1. The topological polar surface area (TPSA) is 19.0 Å². The van der Waals surface area contributed by atoms with Gasteiger partial charge in [-0.05, 0) is 99.8 Å². The van der Waals surface area contributed by atoms with E-state index in [1.807, 2.05) is 0 Å². The van der Waals surface area contributed by atoms with E-state index >= 15 is 0 Å². The molecule has 4 aliphatic rings. The third-order valence-electron chi connectivity index (χ3n) is 8.64. The van der Waals surface area contributed by atoms with E-state index in [1.165, 1.54) is 76.6 Å². The molecule has 4 fully saturated rings. The van der Waals surface area contributed by atoms with Crippen LogP contribution in [0, 0.1) is 5.41 Å². The lowest BCUT2D eigenvalue weighted by Gasteiger charge is -2.39. The summed E-state index contributed by atoms with van der Waals surface area (Å²) in [5.74, 6) is 0.766. The van der Waals surface area contributed by atoms with Crippen LogP contribution < -0.4 is 9.80 Å². The van der Waals surface area contributed by atoms with E-state index < -0.39 is 0 Å². The molecule has 4 nitrogen and oxygen atoms in total. The molecule has 0 N–H and O–H groups in total. The fourth-order valence-electron chi connectivity index (χ4n) is 6.27. The third kappa shape index (κ3) is 5.06. The summed E-state index contributed by atoms with van der Waals surface area (Å²) in [5.41, 5.74) is 5.47. The van der Waals surface area contributed by atoms with Crippen molar-refractivity contribution in [3.05, 3.63) is 23.8 Å². The van der Waals surface area contributed by atoms with Crippen LogP contribution in [0.15, 0.2) is 18.2 Å². The van der Waals surface area contributed by atoms with Crippen molar-refractivity contribution in [1.29, 1.82) is 0 Å². The molecule has 1 aromatic rings. The van der Waals surface area contributed by atoms with E-state index in [4.69, 9.17) is 4.74 Å². The molecule has 2 aliphatic heterocycles. The Labute approximate surface area is 189 Å². The fourth-order valence-corrected chi connectivity index (χ4v) is 6.27. The Balaban J connectivity index is 1.31. The molecule has 4 heteroatoms. The number of piperidine rings is 1. The quantitative estimate of drug-likeness (QED) is 0.554. The molecular weight excluding hydrogens is 382 g/mol. The molecule has 2 heterocycles. The predicted octanol–water partition coefficient (Wildman–Crippen LogP) is 5.27. The van der Waals surface area contributed by atoms with Gasteiger partial charge in [0.1, 0.15) is 0 Å². The SMILES string of the molecule is CCOCCN1CCN(c2ccc(N3CCCCC3)cc2C2CCC3(CC2)CC3)CC1. The Hall–Kier alpha value is -1.26. The van der Waals surface area contributed by atoms with Crippen LogP contribution >= 0.6 is 0 Å². The summed E-state index contributed by atoms with van der Waals surface area (Å²) in [6, 6.07) is 7.52. The van der Waals surface area contributed by atoms with E-state index in [1.54, 1.807) is 11.3 Å². The first-order valence-corrected chi connectivity index (χ1v) is 13.2. The van der Waals surface area contributed by atoms with Crippen LogP contribution in [0.5, 0.6) is 0 Å². The van der Waals surface area contributed by atoms with Crippen LogP contribution in [-0.4, -0.2) is 63.9 Å². The normalized spacial score (nSPS) is 24.7. The Morgan fingerprint density at radius 3 is 2.29 bits per heavy atom. The standard InChI is InChI=1S/C27H43N3O/c1-2-31-21-20-28-16-18-30(19-17-28)26-7-6-24(29-14-4-3-5-15-29)22-25(26)23-8-10-27(11-9-23)12-13-27/h6-7,22-23H,2-5,8-21H2,1H3. The molecule has 31 heavy (non-hydrogen) atoms. The van der Waals surface area contributed by atoms with Crippen molar-refractivity contribution in [2.75, 3.05) is 68.8 Å². The Kier molecular flexibility index (Phi) is 6.75. The minimum absolute atomic E-state index is 0.766. The van der Waals surface area contributed by atoms with Crippen molar-refractivity contribution >= 4 is 11.4 Å². The second kappa shape index (κ2) is 9.70. The highest BCUT2D eigenvalue weighted by atomic mass is 16.5. The van der Waals surface area contributed by atoms with Crippen LogP contribution in [-0.2, 0) is 4.74 Å². The molecule has 0 amide bonds. The highest BCUT2D eigenvalue weighted by Crippen LogP contribution is 2.59. The summed E-state index contributed by atoms with van der Waals surface area (Å²) >= 11 is 0. The predicted molar refractivity (Wildman–Crippen MR) is 131 cm³/mol. The minimum atomic E-state index is 0.766. The molecule has 2 saturated heterocycles. The minimum Gasteiger partial charge on any atom is -0.380 e. The average molecular weight is 426 g/mol. The highest BCUT2D eigenvalue weighted by Gasteiger charge is 2.45. The van der Waals surface area contributed by atoms with Gasteiger partial charge in [-0.2, -0.15) is 0 Å². The van der Waals surface area contributed by atoms with Crippen LogP contribution in [0.3, 0.4) is 0 Å². The van der Waals surface area contributed by atoms with Crippen molar-refractivity contribution in [2.24, 2.45) is 5.41 Å². The van der Waals surface area contributed by atoms with Crippen LogP contribution in [0.4, 0.5) is 11.4 Å². The summed E-state index contributed by atoms with van der Waals surface area (Å²) < 4.78 is 5.58. The Morgan fingerprint density at radius 2 is 1.61 bits per heavy atom. The zero-order chi connectivity index (χ0) is 21.1. The molecule has 172 valence electrons. The number of nitrogens with zero attached hydrogens (tertiary/aromatic N) is 3. The molecule has 2 aliphatic carbocycles. The number of ether oxygens (including phenoxy) is 1. The molecule has 5 rings (SSSR count). The van der Waals surface area contributed by atoms with Crippen molar-refractivity contribution < 1.29 is 4.74 Å². The van der Waals surface area contributed by atoms with Crippen molar-refractivity contribution in [2.45, 2.75) is 70.6 Å². The van der Waals surface area contributed by atoms with Crippen molar-refractivity contribution in [3.63, 3.8) is 0 Å². The van der Waals surface area contributed by atoms with Crippen LogP contribution in [0.2, 0.25) is 0 Å². The number of anilines is 2. The maximum Gasteiger partial charge on any atom is 0.0593 e. The molecule has 2 saturated carbocycles. The molecule has 0 atom stereocenters. The molecule has 0 unspecified atom stereocenters. The lowest BCUT2D eigenvalue weighted by molar-refractivity contribution is 0.111. The van der Waals surface area contributed by atoms with Gasteiger partial charge in [0.05, 0.1) is 6.61 Å². The van der Waals surface area contributed by atoms with Gasteiger partial charge < -0.3 is 14.5 Å². The van der Waals surface area contributed by atoms with Gasteiger partial charge in [-0.15, -0.1) is 0 Å². The van der Waals surface area contributed by atoms with Gasteiger partial charge in [-0.3, -0.25) is 4.90 Å². The first kappa shape index (κ1) is 21.6. The maximum atomic E-state index is 5.58. The monoisotopic (exact) mass is 425 g/mol. The highest BCUT2D eigenvalue weighted by molar-refractivity contribution is 5.63. The van der Waals surface area contributed by atoms with Gasteiger partial charge in [0.25, 0.3) is 0 Å². The molecule has 0 aromatic heterocycles. The Morgan fingerprint density at radius 1 is 0.871 bits per heavy atom. The van der Waals surface area contributed by atoms with E-state index in [0.717, 1.165) is 57.3 Å². The van der Waals surface area contributed by atoms with Crippen LogP contribution in [0.25, 0.3) is 0 Å². The zero-order valence-corrected chi connectivity index (χ0v) is 19.8. The molecule has 1 aromatic carbocycles. The van der Waals surface area contributed by atoms with E-state index in [2.05, 4.69) is 39.8 Å². The number of rotatable bonds is 7. The van der Waals surface area contributed by atoms with Gasteiger partial charge >= 0.3 is 0 Å². The van der Waals surface area contributed by atoms with E-state index in [0.29, 0.717) is 0 Å². The average Bonchev–Trinajstić information content (AvgIpc) is 3.59. The van der Waals surface area contributed by atoms with Gasteiger partial charge in [-0.25, -0.2) is 0 Å². The van der Waals surface area contributed by atoms with Gasteiger partial charge in [0, 0.05) is 63.8 Å². The molecule has 0 radical (unpaired) electrons. The van der Waals surface area contributed by atoms with Gasteiger partial charge in [-0.1, -0.05) is 0 Å². The van der Waals surface area contributed by atoms with E-state index in [9.17, 15) is 0 Å². The smallest absolute Gasteiger partial charge is 0.0593 e. The first-order valence-electron chi connectivity index (χ1n) is 13.2. The fraction of sp³-hybridized carbons (Fsp3) is 0.778. The van der Waals surface area contributed by atoms with Crippen molar-refractivity contribution in [3.8, 4) is 0 Å². The molecule has 0 bridgehead atoms. The number of benzene rings is 1. The maximum absolute atomic E-state index is 5.58. The summed E-state index contributed by atoms with van der Waals surface area (Å²) in [7, 11) is 0. The van der Waals surface area contributed by atoms with Gasteiger partial charge in [0.15, 0.2) is 0 Å². The lowest BCUT2D eigenvalue weighted by atomic mass is 9.76. The van der Waals surface area contributed by atoms with Crippen molar-refractivity contribution in [1.82, 2.24) is 4.90 Å². The molecule has 1 spiro atoms. The summed E-state index contributed by atoms with van der Waals surface area (Å²) in [5, 5.41) is 0. The first-order chi connectivity index (χ1) is 15.3. The Bertz CT molecular complexity index is 707. The summed E-state index contributed by atoms with van der Waals surface area (Å²) in [6.45, 7) is 12.0. The summed E-state index contributed by atoms with van der Waals surface area (Å²) in [4.78, 5) is 7.91.